The van der Waals surface area contributed by atoms with Crippen LogP contribution in [0.3, 0.4) is 0 Å². The number of carbonyl (C=O) groups is 1. The Bertz CT molecular complexity index is 434. The highest BCUT2D eigenvalue weighted by Crippen LogP contribution is 2.34. The first-order chi connectivity index (χ1) is 7.50. The molecule has 1 aliphatic heterocycles. The molecule has 0 N–H and O–H groups in total. The number of halogens is 1. The number of fused-ring (bicyclic) bond motifs is 1. The van der Waals surface area contributed by atoms with Crippen molar-refractivity contribution in [1.82, 2.24) is 4.98 Å². The summed E-state index contributed by atoms with van der Waals surface area (Å²) in [7, 11) is 1.72. The lowest BCUT2D eigenvalue weighted by atomic mass is 10.0. The summed E-state index contributed by atoms with van der Waals surface area (Å²) in [6.07, 6.45) is 1.23. The van der Waals surface area contributed by atoms with Crippen LogP contribution >= 0.6 is 15.9 Å². The molecule has 86 valence electrons. The number of likely N-dealkylation sites (N-methyl/N-ethyl adjacent to an activating group) is 1. The van der Waals surface area contributed by atoms with Crippen LogP contribution < -0.4 is 9.64 Å². The fourth-order valence-electron chi connectivity index (χ4n) is 1.66. The molecule has 2 rings (SSSR count). The summed E-state index contributed by atoms with van der Waals surface area (Å²) in [6, 6.07) is 1.83. The van der Waals surface area contributed by atoms with Gasteiger partial charge in [0.05, 0.1) is 0 Å². The maximum absolute atomic E-state index is 12.0. The average molecular weight is 285 g/mol. The molecule has 1 atom stereocenters. The van der Waals surface area contributed by atoms with Crippen molar-refractivity contribution in [3.05, 3.63) is 16.7 Å². The number of nitrogens with zero attached hydrogens (tertiary/aromatic N) is 2. The number of hydrogen-bond acceptors (Lipinski definition) is 3. The fraction of sp³-hybridized carbons (Fsp3) is 0.455. The molecule has 5 heteroatoms. The standard InChI is InChI=1S/C11H13BrN2O2/c1-6(2)9-11(15)14(3)10-8(16-9)4-7(12)5-13-10/h4-6,9H,1-3H3. The first-order valence-corrected chi connectivity index (χ1v) is 5.89. The van der Waals surface area contributed by atoms with Gasteiger partial charge in [0.25, 0.3) is 5.91 Å². The molecule has 0 bridgehead atoms. The van der Waals surface area contributed by atoms with E-state index in [9.17, 15) is 4.79 Å². The Morgan fingerprint density at radius 3 is 2.88 bits per heavy atom. The van der Waals surface area contributed by atoms with Crippen LogP contribution in [0.5, 0.6) is 5.75 Å². The van der Waals surface area contributed by atoms with E-state index in [0.29, 0.717) is 11.6 Å². The lowest BCUT2D eigenvalue weighted by molar-refractivity contribution is -0.127. The molecule has 0 saturated carbocycles. The molecule has 0 saturated heterocycles. The molecule has 16 heavy (non-hydrogen) atoms. The predicted molar refractivity (Wildman–Crippen MR) is 64.6 cm³/mol. The van der Waals surface area contributed by atoms with E-state index < -0.39 is 6.10 Å². The predicted octanol–water partition coefficient (Wildman–Crippen LogP) is 2.22. The van der Waals surface area contributed by atoms with Crippen molar-refractivity contribution >= 4 is 27.7 Å². The van der Waals surface area contributed by atoms with E-state index in [2.05, 4.69) is 20.9 Å². The van der Waals surface area contributed by atoms with Gasteiger partial charge < -0.3 is 4.74 Å². The third-order valence-electron chi connectivity index (χ3n) is 2.55. The molecule has 2 heterocycles. The number of rotatable bonds is 1. The Kier molecular flexibility index (Phi) is 2.88. The van der Waals surface area contributed by atoms with Crippen LogP contribution in [-0.2, 0) is 4.79 Å². The zero-order valence-electron chi connectivity index (χ0n) is 9.40. The fourth-order valence-corrected chi connectivity index (χ4v) is 1.97. The van der Waals surface area contributed by atoms with Gasteiger partial charge in [0.2, 0.25) is 0 Å². The second-order valence-electron chi connectivity index (χ2n) is 4.16. The number of aromatic nitrogens is 1. The monoisotopic (exact) mass is 284 g/mol. The van der Waals surface area contributed by atoms with Crippen molar-refractivity contribution in [3.63, 3.8) is 0 Å². The molecule has 0 aliphatic carbocycles. The number of anilines is 1. The number of amides is 1. The number of hydrogen-bond donors (Lipinski definition) is 0. The summed E-state index contributed by atoms with van der Waals surface area (Å²) < 4.78 is 6.52. The zero-order chi connectivity index (χ0) is 11.9. The molecular formula is C11H13BrN2O2. The summed E-state index contributed by atoms with van der Waals surface area (Å²) >= 11 is 3.34. The first-order valence-electron chi connectivity index (χ1n) is 5.10. The van der Waals surface area contributed by atoms with Crippen molar-refractivity contribution in [3.8, 4) is 5.75 Å². The van der Waals surface area contributed by atoms with Gasteiger partial charge >= 0.3 is 0 Å². The Morgan fingerprint density at radius 1 is 1.56 bits per heavy atom. The molecule has 1 aromatic heterocycles. The SMILES string of the molecule is CC(C)C1Oc2cc(Br)cnc2N(C)C1=O. The van der Waals surface area contributed by atoms with E-state index in [-0.39, 0.29) is 11.8 Å². The van der Waals surface area contributed by atoms with Crippen LogP contribution in [0.1, 0.15) is 13.8 Å². The van der Waals surface area contributed by atoms with Crippen molar-refractivity contribution in [2.24, 2.45) is 5.92 Å². The highest BCUT2D eigenvalue weighted by Gasteiger charge is 2.35. The highest BCUT2D eigenvalue weighted by atomic mass is 79.9. The summed E-state index contributed by atoms with van der Waals surface area (Å²) in [5.41, 5.74) is 0. The molecule has 0 spiro atoms. The van der Waals surface area contributed by atoms with Crippen LogP contribution in [0.4, 0.5) is 5.82 Å². The molecule has 1 amide bonds. The summed E-state index contributed by atoms with van der Waals surface area (Å²) in [5.74, 6) is 1.32. The van der Waals surface area contributed by atoms with Crippen LogP contribution in [0.2, 0.25) is 0 Å². The molecule has 0 radical (unpaired) electrons. The van der Waals surface area contributed by atoms with Crippen molar-refractivity contribution in [1.29, 1.82) is 0 Å². The van der Waals surface area contributed by atoms with Crippen LogP contribution in [-0.4, -0.2) is 24.0 Å². The van der Waals surface area contributed by atoms with Gasteiger partial charge in [0.15, 0.2) is 17.7 Å². The molecule has 1 aromatic rings. The third-order valence-corrected chi connectivity index (χ3v) is 2.98. The van der Waals surface area contributed by atoms with Crippen LogP contribution in [0.15, 0.2) is 16.7 Å². The summed E-state index contributed by atoms with van der Waals surface area (Å²) in [4.78, 5) is 17.7. The minimum absolute atomic E-state index is 0.0441. The van der Waals surface area contributed by atoms with E-state index in [1.165, 1.54) is 0 Å². The van der Waals surface area contributed by atoms with Crippen molar-refractivity contribution < 1.29 is 9.53 Å². The van der Waals surface area contributed by atoms with Gasteiger partial charge in [-0.15, -0.1) is 0 Å². The van der Waals surface area contributed by atoms with E-state index in [1.54, 1.807) is 18.1 Å². The normalized spacial score (nSPS) is 19.7. The first kappa shape index (κ1) is 11.4. The summed E-state index contributed by atoms with van der Waals surface area (Å²) in [5, 5.41) is 0. The van der Waals surface area contributed by atoms with Crippen molar-refractivity contribution in [2.45, 2.75) is 20.0 Å². The summed E-state index contributed by atoms with van der Waals surface area (Å²) in [6.45, 7) is 3.93. The molecule has 0 fully saturated rings. The van der Waals surface area contributed by atoms with Gasteiger partial charge in [-0.2, -0.15) is 0 Å². The molecule has 1 unspecified atom stereocenters. The smallest absolute Gasteiger partial charge is 0.269 e. The van der Waals surface area contributed by atoms with E-state index in [0.717, 1.165) is 4.47 Å². The third kappa shape index (κ3) is 1.80. The lowest BCUT2D eigenvalue weighted by Crippen LogP contribution is -2.46. The molecule has 0 aromatic carbocycles. The topological polar surface area (TPSA) is 42.4 Å². The van der Waals surface area contributed by atoms with Gasteiger partial charge in [-0.05, 0) is 27.9 Å². The van der Waals surface area contributed by atoms with Crippen LogP contribution in [0.25, 0.3) is 0 Å². The van der Waals surface area contributed by atoms with Gasteiger partial charge in [-0.25, -0.2) is 4.98 Å². The van der Waals surface area contributed by atoms with E-state index >= 15 is 0 Å². The maximum Gasteiger partial charge on any atom is 0.269 e. The van der Waals surface area contributed by atoms with E-state index in [1.807, 2.05) is 19.9 Å². The Hall–Kier alpha value is -1.10. The number of pyridine rings is 1. The molecule has 4 nitrogen and oxygen atoms in total. The quantitative estimate of drug-likeness (QED) is 0.794. The Labute approximate surface area is 103 Å². The Balaban J connectivity index is 2.44. The Morgan fingerprint density at radius 2 is 2.25 bits per heavy atom. The second kappa shape index (κ2) is 4.05. The maximum atomic E-state index is 12.0. The number of ether oxygens (including phenoxy) is 1. The van der Waals surface area contributed by atoms with Gasteiger partial charge in [-0.1, -0.05) is 13.8 Å². The van der Waals surface area contributed by atoms with Gasteiger partial charge in [-0.3, -0.25) is 9.69 Å². The van der Waals surface area contributed by atoms with Gasteiger partial charge in [0.1, 0.15) is 0 Å². The average Bonchev–Trinajstić information content (AvgIpc) is 2.22. The van der Waals surface area contributed by atoms with Crippen LogP contribution in [0, 0.1) is 5.92 Å². The molecule has 1 aliphatic rings. The van der Waals surface area contributed by atoms with E-state index in [4.69, 9.17) is 4.74 Å². The molecular weight excluding hydrogens is 272 g/mol. The number of carbonyl (C=O) groups excluding carboxylic acids is 1. The van der Waals surface area contributed by atoms with Gasteiger partial charge in [0, 0.05) is 17.7 Å². The minimum Gasteiger partial charge on any atom is -0.476 e. The highest BCUT2D eigenvalue weighted by molar-refractivity contribution is 9.10. The lowest BCUT2D eigenvalue weighted by Gasteiger charge is -2.32. The zero-order valence-corrected chi connectivity index (χ0v) is 11.0. The minimum atomic E-state index is -0.423. The largest absolute Gasteiger partial charge is 0.476 e. The van der Waals surface area contributed by atoms with Crippen molar-refractivity contribution in [2.75, 3.05) is 11.9 Å². The second-order valence-corrected chi connectivity index (χ2v) is 5.07.